The molecule has 0 bridgehead atoms. The molecule has 0 aliphatic rings. The summed E-state index contributed by atoms with van der Waals surface area (Å²) in [5.41, 5.74) is 0. The molecule has 4 nitrogen and oxygen atoms in total. The van der Waals surface area contributed by atoms with E-state index in [0.29, 0.717) is 0 Å². The Morgan fingerprint density at radius 3 is 2.19 bits per heavy atom. The highest BCUT2D eigenvalue weighted by Gasteiger charge is 2.20. The molecule has 0 atom stereocenters. The molecule has 0 aliphatic carbocycles. The second-order valence-electron chi connectivity index (χ2n) is 3.27. The first-order valence-electron chi connectivity index (χ1n) is 4.41. The third kappa shape index (κ3) is 2.59. The highest BCUT2D eigenvalue weighted by molar-refractivity contribution is 7.92. The molecule has 0 unspecified atom stereocenters. The van der Waals surface area contributed by atoms with E-state index in [1.807, 2.05) is 0 Å². The molecule has 1 rings (SSSR count). The highest BCUT2D eigenvalue weighted by Crippen LogP contribution is 2.20. The molecule has 0 radical (unpaired) electrons. The van der Waals surface area contributed by atoms with Crippen LogP contribution in [0.15, 0.2) is 28.0 Å². The van der Waals surface area contributed by atoms with Gasteiger partial charge in [-0.1, -0.05) is 6.92 Å². The summed E-state index contributed by atoms with van der Waals surface area (Å²) in [6.07, 6.45) is 0.933. The quantitative estimate of drug-likeness (QED) is 0.766. The van der Waals surface area contributed by atoms with Crippen LogP contribution in [0.5, 0.6) is 0 Å². The predicted molar refractivity (Wildman–Crippen MR) is 57.2 cm³/mol. The van der Waals surface area contributed by atoms with Gasteiger partial charge in [0.15, 0.2) is 19.7 Å². The first-order chi connectivity index (χ1) is 7.18. The Kier molecular flexibility index (Phi) is 3.39. The van der Waals surface area contributed by atoms with E-state index in [4.69, 9.17) is 0 Å². The Morgan fingerprint density at radius 1 is 1.19 bits per heavy atom. The SMILES string of the molecule is CCS(=O)(=O)c1cc(S(C)(=O)=O)ccc1F. The normalized spacial score (nSPS) is 12.7. The molecular weight excluding hydrogens is 255 g/mol. The Morgan fingerprint density at radius 2 is 1.75 bits per heavy atom. The average molecular weight is 266 g/mol. The fourth-order valence-corrected chi connectivity index (χ4v) is 2.81. The van der Waals surface area contributed by atoms with E-state index in [0.717, 1.165) is 24.5 Å². The molecule has 16 heavy (non-hydrogen) atoms. The maximum absolute atomic E-state index is 13.3. The van der Waals surface area contributed by atoms with Crippen molar-refractivity contribution in [2.24, 2.45) is 0 Å². The Balaban J connectivity index is 3.54. The molecule has 1 aromatic carbocycles. The largest absolute Gasteiger partial charge is 0.224 e. The van der Waals surface area contributed by atoms with Crippen molar-refractivity contribution in [3.05, 3.63) is 24.0 Å². The van der Waals surface area contributed by atoms with Crippen LogP contribution in [0.3, 0.4) is 0 Å². The van der Waals surface area contributed by atoms with Crippen LogP contribution in [0.4, 0.5) is 4.39 Å². The first kappa shape index (κ1) is 13.1. The van der Waals surface area contributed by atoms with Crippen LogP contribution < -0.4 is 0 Å². The van der Waals surface area contributed by atoms with E-state index in [-0.39, 0.29) is 10.6 Å². The summed E-state index contributed by atoms with van der Waals surface area (Å²) in [6.45, 7) is 1.36. The van der Waals surface area contributed by atoms with Gasteiger partial charge in [0.2, 0.25) is 0 Å². The number of benzene rings is 1. The minimum absolute atomic E-state index is 0.207. The monoisotopic (exact) mass is 266 g/mol. The summed E-state index contributed by atoms with van der Waals surface area (Å²) in [5, 5.41) is 0. The number of rotatable bonds is 3. The average Bonchev–Trinajstić information content (AvgIpc) is 2.16. The van der Waals surface area contributed by atoms with Crippen molar-refractivity contribution in [1.82, 2.24) is 0 Å². The van der Waals surface area contributed by atoms with Gasteiger partial charge in [-0.3, -0.25) is 0 Å². The van der Waals surface area contributed by atoms with Crippen LogP contribution >= 0.6 is 0 Å². The van der Waals surface area contributed by atoms with E-state index >= 15 is 0 Å². The summed E-state index contributed by atoms with van der Waals surface area (Å²) in [5.74, 6) is -1.22. The molecule has 7 heteroatoms. The van der Waals surface area contributed by atoms with Gasteiger partial charge in [0.1, 0.15) is 10.7 Å². The van der Waals surface area contributed by atoms with Gasteiger partial charge in [-0.05, 0) is 18.2 Å². The summed E-state index contributed by atoms with van der Waals surface area (Å²) < 4.78 is 58.6. The van der Waals surface area contributed by atoms with E-state index in [1.54, 1.807) is 0 Å². The molecule has 0 fully saturated rings. The van der Waals surface area contributed by atoms with E-state index < -0.39 is 30.4 Å². The summed E-state index contributed by atoms with van der Waals surface area (Å²) >= 11 is 0. The van der Waals surface area contributed by atoms with Gasteiger partial charge in [-0.25, -0.2) is 21.2 Å². The van der Waals surface area contributed by atoms with Crippen molar-refractivity contribution < 1.29 is 21.2 Å². The van der Waals surface area contributed by atoms with Crippen molar-refractivity contribution in [3.63, 3.8) is 0 Å². The number of hydrogen-bond donors (Lipinski definition) is 0. The smallest absolute Gasteiger partial charge is 0.181 e. The fourth-order valence-electron chi connectivity index (χ4n) is 1.11. The van der Waals surface area contributed by atoms with E-state index in [1.165, 1.54) is 6.92 Å². The number of sulfone groups is 2. The lowest BCUT2D eigenvalue weighted by Gasteiger charge is -2.05. The topological polar surface area (TPSA) is 68.3 Å². The Hall–Kier alpha value is -0.950. The van der Waals surface area contributed by atoms with Crippen LogP contribution in [0, 0.1) is 5.82 Å². The minimum Gasteiger partial charge on any atom is -0.224 e. The highest BCUT2D eigenvalue weighted by atomic mass is 32.2. The maximum Gasteiger partial charge on any atom is 0.181 e. The standard InChI is InChI=1S/C9H11FO4S2/c1-3-16(13,14)9-6-7(15(2,11)12)4-5-8(9)10/h4-6H,3H2,1-2H3. The molecule has 0 N–H and O–H groups in total. The molecule has 0 aromatic heterocycles. The molecular formula is C9H11FO4S2. The van der Waals surface area contributed by atoms with Crippen LogP contribution in [-0.2, 0) is 19.7 Å². The third-order valence-electron chi connectivity index (χ3n) is 2.05. The molecule has 0 spiro atoms. The van der Waals surface area contributed by atoms with Crippen LogP contribution in [0.2, 0.25) is 0 Å². The lowest BCUT2D eigenvalue weighted by Crippen LogP contribution is -2.08. The third-order valence-corrected chi connectivity index (χ3v) is 4.90. The molecule has 0 saturated carbocycles. The lowest BCUT2D eigenvalue weighted by atomic mass is 10.3. The zero-order valence-electron chi connectivity index (χ0n) is 8.77. The van der Waals surface area contributed by atoms with Gasteiger partial charge < -0.3 is 0 Å². The second kappa shape index (κ2) is 4.14. The summed E-state index contributed by atoms with van der Waals surface area (Å²) in [6, 6.07) is 2.74. The predicted octanol–water partition coefficient (Wildman–Crippen LogP) is 1.02. The van der Waals surface area contributed by atoms with Gasteiger partial charge in [-0.2, -0.15) is 0 Å². The molecule has 0 saturated heterocycles. The van der Waals surface area contributed by atoms with Crippen LogP contribution in [0.1, 0.15) is 6.92 Å². The Bertz CT molecular complexity index is 602. The van der Waals surface area contributed by atoms with Gasteiger partial charge in [-0.15, -0.1) is 0 Å². The van der Waals surface area contributed by atoms with Gasteiger partial charge in [0, 0.05) is 6.26 Å². The zero-order valence-corrected chi connectivity index (χ0v) is 10.4. The molecule has 1 aromatic rings. The molecule has 0 amide bonds. The number of hydrogen-bond acceptors (Lipinski definition) is 4. The molecule has 0 heterocycles. The number of halogens is 1. The van der Waals surface area contributed by atoms with Gasteiger partial charge >= 0.3 is 0 Å². The lowest BCUT2D eigenvalue weighted by molar-refractivity contribution is 0.565. The zero-order chi connectivity index (χ0) is 12.6. The van der Waals surface area contributed by atoms with Crippen molar-refractivity contribution in [3.8, 4) is 0 Å². The maximum atomic E-state index is 13.3. The van der Waals surface area contributed by atoms with Crippen LogP contribution in [-0.4, -0.2) is 28.8 Å². The van der Waals surface area contributed by atoms with E-state index in [9.17, 15) is 21.2 Å². The van der Waals surface area contributed by atoms with Crippen molar-refractivity contribution in [2.75, 3.05) is 12.0 Å². The van der Waals surface area contributed by atoms with Crippen molar-refractivity contribution >= 4 is 19.7 Å². The molecule has 90 valence electrons. The summed E-state index contributed by atoms with van der Waals surface area (Å²) in [4.78, 5) is -0.779. The van der Waals surface area contributed by atoms with Gasteiger partial charge in [0.25, 0.3) is 0 Å². The van der Waals surface area contributed by atoms with Crippen LogP contribution in [0.25, 0.3) is 0 Å². The van der Waals surface area contributed by atoms with Crippen molar-refractivity contribution in [1.29, 1.82) is 0 Å². The second-order valence-corrected chi connectivity index (χ2v) is 7.53. The van der Waals surface area contributed by atoms with Crippen molar-refractivity contribution in [2.45, 2.75) is 16.7 Å². The summed E-state index contributed by atoms with van der Waals surface area (Å²) in [7, 11) is -7.29. The minimum atomic E-state index is -3.75. The first-order valence-corrected chi connectivity index (χ1v) is 7.95. The van der Waals surface area contributed by atoms with Gasteiger partial charge in [0.05, 0.1) is 10.6 Å². The fraction of sp³-hybridized carbons (Fsp3) is 0.333. The van der Waals surface area contributed by atoms with E-state index in [2.05, 4.69) is 0 Å². The molecule has 0 aliphatic heterocycles. The Labute approximate surface area is 93.9 Å².